The zero-order valence-corrected chi connectivity index (χ0v) is 16.2. The van der Waals surface area contributed by atoms with Crippen LogP contribution in [0.4, 0.5) is 0 Å². The van der Waals surface area contributed by atoms with Gasteiger partial charge in [-0.15, -0.1) is 0 Å². The predicted octanol–water partition coefficient (Wildman–Crippen LogP) is 4.96. The van der Waals surface area contributed by atoms with E-state index in [2.05, 4.69) is 13.8 Å². The van der Waals surface area contributed by atoms with Crippen molar-refractivity contribution in [3.05, 3.63) is 71.8 Å². The Balaban J connectivity index is 0.000000376. The molecule has 0 spiro atoms. The molecule has 2 aromatic carbocycles. The Morgan fingerprint density at radius 1 is 0.815 bits per heavy atom. The summed E-state index contributed by atoms with van der Waals surface area (Å²) in [5.41, 5.74) is 0.662. The quantitative estimate of drug-likeness (QED) is 0.664. The molecule has 0 aliphatic carbocycles. The molecule has 148 valence electrons. The van der Waals surface area contributed by atoms with Crippen LogP contribution in [-0.2, 0) is 0 Å². The predicted molar refractivity (Wildman–Crippen MR) is 107 cm³/mol. The number of benzene rings is 2. The Kier molecular flexibility index (Phi) is 13.1. The van der Waals surface area contributed by atoms with Crippen LogP contribution in [0.15, 0.2) is 60.7 Å². The van der Waals surface area contributed by atoms with Gasteiger partial charge in [-0.25, -0.2) is 9.59 Å². The van der Waals surface area contributed by atoms with Crippen molar-refractivity contribution in [2.45, 2.75) is 46.1 Å². The van der Waals surface area contributed by atoms with Gasteiger partial charge in [0.05, 0.1) is 17.2 Å². The standard InChI is InChI=1S/C8H18O.2C7H6O2/c1-4-6-7(3)8(9)5-2;2*8-7(9)6-4-2-1-3-5-6/h7-9H,4-6H2,1-3H3;2*1-5H,(H,8,9). The van der Waals surface area contributed by atoms with Crippen LogP contribution in [0.25, 0.3) is 0 Å². The van der Waals surface area contributed by atoms with Gasteiger partial charge >= 0.3 is 11.9 Å². The molecule has 0 heterocycles. The summed E-state index contributed by atoms with van der Waals surface area (Å²) in [7, 11) is 0. The number of hydrogen-bond acceptors (Lipinski definition) is 3. The highest BCUT2D eigenvalue weighted by Crippen LogP contribution is 2.12. The molecule has 2 unspecified atom stereocenters. The molecular formula is C22H30O5. The van der Waals surface area contributed by atoms with Gasteiger partial charge in [0.1, 0.15) is 0 Å². The smallest absolute Gasteiger partial charge is 0.335 e. The molecule has 5 nitrogen and oxygen atoms in total. The summed E-state index contributed by atoms with van der Waals surface area (Å²) in [6.45, 7) is 6.29. The minimum Gasteiger partial charge on any atom is -0.478 e. The van der Waals surface area contributed by atoms with Crippen molar-refractivity contribution >= 4 is 11.9 Å². The van der Waals surface area contributed by atoms with E-state index in [1.807, 2.05) is 6.92 Å². The average molecular weight is 374 g/mol. The number of carboxylic acids is 2. The largest absolute Gasteiger partial charge is 0.478 e. The van der Waals surface area contributed by atoms with E-state index in [-0.39, 0.29) is 6.10 Å². The van der Waals surface area contributed by atoms with Crippen molar-refractivity contribution in [3.63, 3.8) is 0 Å². The molecule has 3 N–H and O–H groups in total. The monoisotopic (exact) mass is 374 g/mol. The van der Waals surface area contributed by atoms with Crippen LogP contribution >= 0.6 is 0 Å². The molecule has 0 amide bonds. The van der Waals surface area contributed by atoms with Crippen LogP contribution in [0, 0.1) is 5.92 Å². The first-order valence-corrected chi connectivity index (χ1v) is 9.08. The molecule has 2 rings (SSSR count). The molecule has 0 bridgehead atoms. The van der Waals surface area contributed by atoms with Gasteiger partial charge in [0.15, 0.2) is 0 Å². The second-order valence-corrected chi connectivity index (χ2v) is 6.08. The van der Waals surface area contributed by atoms with Crippen molar-refractivity contribution in [2.75, 3.05) is 0 Å². The zero-order valence-electron chi connectivity index (χ0n) is 16.2. The second kappa shape index (κ2) is 14.5. The Morgan fingerprint density at radius 2 is 1.19 bits per heavy atom. The second-order valence-electron chi connectivity index (χ2n) is 6.08. The SMILES string of the molecule is CCCC(C)C(O)CC.O=C(O)c1ccccc1.O=C(O)c1ccccc1. The highest BCUT2D eigenvalue weighted by atomic mass is 16.4. The third kappa shape index (κ3) is 11.5. The van der Waals surface area contributed by atoms with E-state index in [9.17, 15) is 14.7 Å². The fourth-order valence-corrected chi connectivity index (χ4v) is 2.21. The molecule has 0 saturated heterocycles. The van der Waals surface area contributed by atoms with Gasteiger partial charge in [-0.05, 0) is 43.0 Å². The fourth-order valence-electron chi connectivity index (χ4n) is 2.21. The number of aliphatic hydroxyl groups is 1. The van der Waals surface area contributed by atoms with Gasteiger partial charge in [0.25, 0.3) is 0 Å². The number of carboxylic acid groups (broad SMARTS) is 2. The summed E-state index contributed by atoms with van der Waals surface area (Å²) in [6, 6.07) is 16.6. The van der Waals surface area contributed by atoms with Crippen LogP contribution in [0.3, 0.4) is 0 Å². The third-order valence-corrected chi connectivity index (χ3v) is 3.86. The Bertz CT molecular complexity index is 591. The highest BCUT2D eigenvalue weighted by Gasteiger charge is 2.09. The van der Waals surface area contributed by atoms with E-state index in [0.717, 1.165) is 12.8 Å². The number of rotatable bonds is 6. The summed E-state index contributed by atoms with van der Waals surface area (Å²) in [6.07, 6.45) is 3.14. The summed E-state index contributed by atoms with van der Waals surface area (Å²) >= 11 is 0. The van der Waals surface area contributed by atoms with Crippen molar-refractivity contribution in [3.8, 4) is 0 Å². The first-order chi connectivity index (χ1) is 12.8. The zero-order chi connectivity index (χ0) is 20.7. The Hall–Kier alpha value is -2.66. The van der Waals surface area contributed by atoms with Crippen LogP contribution < -0.4 is 0 Å². The lowest BCUT2D eigenvalue weighted by Gasteiger charge is -2.15. The van der Waals surface area contributed by atoms with Crippen molar-refractivity contribution < 1.29 is 24.9 Å². The normalized spacial score (nSPS) is 11.7. The van der Waals surface area contributed by atoms with Crippen LogP contribution in [-0.4, -0.2) is 33.4 Å². The van der Waals surface area contributed by atoms with Crippen LogP contribution in [0.1, 0.15) is 60.7 Å². The number of aromatic carboxylic acids is 2. The van der Waals surface area contributed by atoms with E-state index in [4.69, 9.17) is 10.2 Å². The fraction of sp³-hybridized carbons (Fsp3) is 0.364. The molecular weight excluding hydrogens is 344 g/mol. The van der Waals surface area contributed by atoms with Gasteiger partial charge in [-0.3, -0.25) is 0 Å². The van der Waals surface area contributed by atoms with E-state index in [1.54, 1.807) is 60.7 Å². The minimum atomic E-state index is -0.879. The number of aliphatic hydroxyl groups excluding tert-OH is 1. The molecule has 0 radical (unpaired) electrons. The third-order valence-electron chi connectivity index (χ3n) is 3.86. The summed E-state index contributed by atoms with van der Waals surface area (Å²) < 4.78 is 0. The molecule has 0 aromatic heterocycles. The van der Waals surface area contributed by atoms with E-state index < -0.39 is 11.9 Å². The molecule has 27 heavy (non-hydrogen) atoms. The van der Waals surface area contributed by atoms with E-state index in [1.165, 1.54) is 6.42 Å². The van der Waals surface area contributed by atoms with Crippen LogP contribution in [0.5, 0.6) is 0 Å². The average Bonchev–Trinajstić information content (AvgIpc) is 2.69. The number of hydrogen-bond donors (Lipinski definition) is 3. The van der Waals surface area contributed by atoms with E-state index >= 15 is 0 Å². The molecule has 2 atom stereocenters. The maximum absolute atomic E-state index is 10.2. The van der Waals surface area contributed by atoms with Gasteiger partial charge in [-0.1, -0.05) is 63.6 Å². The lowest BCUT2D eigenvalue weighted by Crippen LogP contribution is -2.15. The maximum Gasteiger partial charge on any atom is 0.335 e. The summed E-state index contributed by atoms with van der Waals surface area (Å²) in [4.78, 5) is 20.4. The molecule has 0 fully saturated rings. The number of carbonyl (C=O) groups is 2. The van der Waals surface area contributed by atoms with Crippen LogP contribution in [0.2, 0.25) is 0 Å². The topological polar surface area (TPSA) is 94.8 Å². The van der Waals surface area contributed by atoms with Crippen molar-refractivity contribution in [1.29, 1.82) is 0 Å². The molecule has 0 aliphatic rings. The van der Waals surface area contributed by atoms with Gasteiger partial charge < -0.3 is 15.3 Å². The van der Waals surface area contributed by atoms with Crippen molar-refractivity contribution in [1.82, 2.24) is 0 Å². The Labute approximate surface area is 161 Å². The van der Waals surface area contributed by atoms with Gasteiger partial charge in [-0.2, -0.15) is 0 Å². The van der Waals surface area contributed by atoms with Gasteiger partial charge in [0.2, 0.25) is 0 Å². The lowest BCUT2D eigenvalue weighted by molar-refractivity contribution is 0.0686. The Morgan fingerprint density at radius 3 is 1.41 bits per heavy atom. The van der Waals surface area contributed by atoms with Crippen molar-refractivity contribution in [2.24, 2.45) is 5.92 Å². The maximum atomic E-state index is 10.2. The first-order valence-electron chi connectivity index (χ1n) is 9.08. The summed E-state index contributed by atoms with van der Waals surface area (Å²) in [5, 5.41) is 26.0. The minimum absolute atomic E-state index is 0.0788. The summed E-state index contributed by atoms with van der Waals surface area (Å²) in [5.74, 6) is -1.27. The lowest BCUT2D eigenvalue weighted by atomic mass is 9.98. The highest BCUT2D eigenvalue weighted by molar-refractivity contribution is 5.87. The van der Waals surface area contributed by atoms with Gasteiger partial charge in [0, 0.05) is 0 Å². The molecule has 2 aromatic rings. The molecule has 5 heteroatoms. The van der Waals surface area contributed by atoms with E-state index in [0.29, 0.717) is 17.0 Å². The first kappa shape index (κ1) is 24.3. The molecule has 0 aliphatic heterocycles. The molecule has 0 saturated carbocycles.